The minimum Gasteiger partial charge on any atom is -0.491 e. The Morgan fingerprint density at radius 2 is 2.08 bits per heavy atom. The van der Waals surface area contributed by atoms with Crippen molar-refractivity contribution >= 4 is 58.3 Å². The lowest BCUT2D eigenvalue weighted by atomic mass is 10.1. The molecule has 1 saturated heterocycles. The van der Waals surface area contributed by atoms with Gasteiger partial charge in [0.15, 0.2) is 0 Å². The first kappa shape index (κ1) is 28.2. The van der Waals surface area contributed by atoms with Gasteiger partial charge in [-0.3, -0.25) is 4.99 Å². The van der Waals surface area contributed by atoms with Gasteiger partial charge in [0.1, 0.15) is 17.4 Å². The Kier molecular flexibility index (Phi) is 10.5. The lowest BCUT2D eigenvalue weighted by Crippen LogP contribution is -2.44. The summed E-state index contributed by atoms with van der Waals surface area (Å²) in [6.07, 6.45) is 5.98. The Balaban J connectivity index is 1.53. The van der Waals surface area contributed by atoms with Crippen LogP contribution in [0, 0.1) is 0 Å². The Labute approximate surface area is 233 Å². The van der Waals surface area contributed by atoms with Gasteiger partial charge in [0, 0.05) is 85.9 Å². The predicted molar refractivity (Wildman–Crippen MR) is 162 cm³/mol. The number of pyridine rings is 1. The van der Waals surface area contributed by atoms with Crippen molar-refractivity contribution in [2.45, 2.75) is 16.7 Å². The number of aromatic nitrogens is 2. The number of H-pyrrole nitrogens is 1. The maximum Gasteiger partial charge on any atom is 0.122 e. The summed E-state index contributed by atoms with van der Waals surface area (Å²) in [7, 11) is 3.73. The molecule has 0 amide bonds. The number of hydrogen-bond donors (Lipinski definition) is 1. The minimum atomic E-state index is 0.0948. The first-order valence-corrected chi connectivity index (χ1v) is 15.6. The predicted octanol–water partition coefficient (Wildman–Crippen LogP) is 5.32. The molecule has 0 saturated carbocycles. The van der Waals surface area contributed by atoms with Gasteiger partial charge < -0.3 is 23.7 Å². The number of rotatable bonds is 13. The molecule has 0 radical (unpaired) electrons. The van der Waals surface area contributed by atoms with E-state index >= 15 is 0 Å². The van der Waals surface area contributed by atoms with Gasteiger partial charge in [0.05, 0.1) is 30.0 Å². The number of ether oxygens (including phenoxy) is 2. The Bertz CT molecular complexity index is 1150. The van der Waals surface area contributed by atoms with Crippen molar-refractivity contribution in [1.29, 1.82) is 0 Å². The molecular weight excluding hydrogens is 523 g/mol. The van der Waals surface area contributed by atoms with Crippen LogP contribution in [0.5, 0.6) is 5.75 Å². The number of anilines is 1. The highest BCUT2D eigenvalue weighted by atomic mass is 32.2. The molecule has 0 aliphatic carbocycles. The molecule has 10 heteroatoms. The van der Waals surface area contributed by atoms with E-state index in [1.165, 1.54) is 24.6 Å². The molecule has 1 fully saturated rings. The molecule has 4 rings (SSSR count). The summed E-state index contributed by atoms with van der Waals surface area (Å²) in [5, 5.41) is 2.01. The van der Waals surface area contributed by atoms with Gasteiger partial charge in [-0.05, 0) is 37.4 Å². The van der Waals surface area contributed by atoms with Crippen LogP contribution >= 0.6 is 35.5 Å². The second-order valence-corrected chi connectivity index (χ2v) is 13.0. The fourth-order valence-corrected chi connectivity index (χ4v) is 6.47. The van der Waals surface area contributed by atoms with Crippen LogP contribution in [0.25, 0.3) is 10.9 Å². The zero-order valence-corrected chi connectivity index (χ0v) is 24.6. The van der Waals surface area contributed by atoms with E-state index < -0.39 is 0 Å². The fourth-order valence-electron chi connectivity index (χ4n) is 4.20. The number of nitrogens with zero attached hydrogens (tertiary/aromatic N) is 4. The third-order valence-electron chi connectivity index (χ3n) is 6.28. The van der Waals surface area contributed by atoms with Crippen LogP contribution < -0.4 is 9.04 Å². The number of hydrogen-bond acceptors (Lipinski definition) is 9. The lowest BCUT2D eigenvalue weighted by Gasteiger charge is -2.35. The van der Waals surface area contributed by atoms with E-state index in [-0.39, 0.29) is 4.75 Å². The zero-order chi connectivity index (χ0) is 26.1. The molecule has 3 heterocycles. The maximum absolute atomic E-state index is 5.98. The maximum atomic E-state index is 5.98. The summed E-state index contributed by atoms with van der Waals surface area (Å²) in [6.45, 7) is 7.57. The van der Waals surface area contributed by atoms with Crippen LogP contribution in [-0.2, 0) is 4.74 Å². The van der Waals surface area contributed by atoms with Gasteiger partial charge in [-0.15, -0.1) is 0 Å². The molecule has 200 valence electrons. The molecule has 1 aliphatic heterocycles. The first-order valence-electron chi connectivity index (χ1n) is 12.5. The number of aliphatic imine (C=N–C) groups is 1. The normalized spacial score (nSPS) is 16.3. The van der Waals surface area contributed by atoms with Gasteiger partial charge >= 0.3 is 0 Å². The summed E-state index contributed by atoms with van der Waals surface area (Å²) >= 11 is 5.54. The van der Waals surface area contributed by atoms with Gasteiger partial charge in [-0.1, -0.05) is 6.07 Å². The van der Waals surface area contributed by atoms with Crippen LogP contribution in [0.1, 0.15) is 12.6 Å². The molecule has 1 aliphatic rings. The van der Waals surface area contributed by atoms with Crippen molar-refractivity contribution in [1.82, 2.24) is 14.9 Å². The van der Waals surface area contributed by atoms with E-state index in [2.05, 4.69) is 62.3 Å². The molecule has 2 aromatic heterocycles. The lowest BCUT2D eigenvalue weighted by molar-refractivity contribution is 0.146. The van der Waals surface area contributed by atoms with Crippen molar-refractivity contribution in [3.8, 4) is 5.75 Å². The number of fused-ring (bicyclic) bond motifs is 1. The number of methoxy groups -OCH3 is 1. The van der Waals surface area contributed by atoms with Gasteiger partial charge in [0.25, 0.3) is 0 Å². The van der Waals surface area contributed by atoms with Gasteiger partial charge in [-0.25, -0.2) is 4.98 Å². The van der Waals surface area contributed by atoms with Crippen LogP contribution in [-0.4, -0.2) is 97.1 Å². The number of benzene rings is 1. The van der Waals surface area contributed by atoms with Crippen molar-refractivity contribution in [2.75, 3.05) is 75.6 Å². The molecule has 1 atom stereocenters. The van der Waals surface area contributed by atoms with Crippen LogP contribution in [0.15, 0.2) is 52.6 Å². The molecule has 7 nitrogen and oxygen atoms in total. The van der Waals surface area contributed by atoms with E-state index in [0.29, 0.717) is 13.2 Å². The highest BCUT2D eigenvalue weighted by molar-refractivity contribution is 8.00. The minimum absolute atomic E-state index is 0.0948. The van der Waals surface area contributed by atoms with E-state index in [9.17, 15) is 0 Å². The second-order valence-electron chi connectivity index (χ2n) is 9.24. The van der Waals surface area contributed by atoms with Gasteiger partial charge in [0.2, 0.25) is 0 Å². The Morgan fingerprint density at radius 1 is 1.24 bits per heavy atom. The second kappa shape index (κ2) is 13.8. The van der Waals surface area contributed by atoms with Crippen LogP contribution in [0.3, 0.4) is 0 Å². The average molecular weight is 560 g/mol. The molecule has 37 heavy (non-hydrogen) atoms. The summed E-state index contributed by atoms with van der Waals surface area (Å²) in [5.41, 5.74) is 3.06. The van der Waals surface area contributed by atoms with Crippen LogP contribution in [0.4, 0.5) is 5.69 Å². The molecule has 1 N–H and O–H groups in total. The standard InChI is InChI=1S/C27H37N5O2S3/c1-27(35-4,20-32-9-13-36-14-10-32)19-28-18-22-15-21-16-23(34-12-11-33-3)17-24(26(21)30-22)31(2)37-25-7-5-6-8-29-25/h5-8,15-18,30H,9-14,19-20H2,1-4H3. The molecule has 0 spiro atoms. The molecule has 3 aromatic rings. The SMILES string of the molecule is COCCOc1cc(N(C)Sc2ccccn2)c2[nH]c(C=NCC(C)(CN3CCSCC3)SC)cc2c1. The highest BCUT2D eigenvalue weighted by Crippen LogP contribution is 2.36. The Hall–Kier alpha value is -1.85. The molecule has 1 aromatic carbocycles. The quantitative estimate of drug-likeness (QED) is 0.172. The third kappa shape index (κ3) is 8.07. The third-order valence-corrected chi connectivity index (χ3v) is 9.36. The van der Waals surface area contributed by atoms with E-state index in [0.717, 1.165) is 46.1 Å². The molecular formula is C27H37N5O2S3. The van der Waals surface area contributed by atoms with Crippen molar-refractivity contribution < 1.29 is 9.47 Å². The topological polar surface area (TPSA) is 66.0 Å². The summed E-state index contributed by atoms with van der Waals surface area (Å²) < 4.78 is 13.4. The van der Waals surface area contributed by atoms with Crippen molar-refractivity contribution in [3.63, 3.8) is 0 Å². The van der Waals surface area contributed by atoms with Crippen LogP contribution in [0.2, 0.25) is 0 Å². The zero-order valence-electron chi connectivity index (χ0n) is 22.1. The summed E-state index contributed by atoms with van der Waals surface area (Å²) in [6, 6.07) is 12.2. The highest BCUT2D eigenvalue weighted by Gasteiger charge is 2.26. The van der Waals surface area contributed by atoms with E-state index in [1.807, 2.05) is 49.4 Å². The number of aromatic amines is 1. The van der Waals surface area contributed by atoms with Crippen molar-refractivity contribution in [3.05, 3.63) is 48.3 Å². The first-order chi connectivity index (χ1) is 18.0. The molecule has 1 unspecified atom stereocenters. The monoisotopic (exact) mass is 559 g/mol. The molecule has 0 bridgehead atoms. The Morgan fingerprint density at radius 3 is 2.81 bits per heavy atom. The number of thioether (sulfide) groups is 2. The average Bonchev–Trinajstić information content (AvgIpc) is 3.32. The fraction of sp³-hybridized carbons (Fsp3) is 0.481. The summed E-state index contributed by atoms with van der Waals surface area (Å²) in [4.78, 5) is 15.5. The number of nitrogens with one attached hydrogen (secondary N) is 1. The largest absolute Gasteiger partial charge is 0.491 e. The smallest absolute Gasteiger partial charge is 0.122 e. The van der Waals surface area contributed by atoms with E-state index in [4.69, 9.17) is 14.5 Å². The van der Waals surface area contributed by atoms with E-state index in [1.54, 1.807) is 19.1 Å². The van der Waals surface area contributed by atoms with Crippen molar-refractivity contribution in [2.24, 2.45) is 4.99 Å². The van der Waals surface area contributed by atoms with Gasteiger partial charge in [-0.2, -0.15) is 23.5 Å². The summed E-state index contributed by atoms with van der Waals surface area (Å²) in [5.74, 6) is 3.27.